The van der Waals surface area contributed by atoms with Gasteiger partial charge in [-0.05, 0) is 54.7 Å². The van der Waals surface area contributed by atoms with E-state index in [1.54, 1.807) is 35.0 Å². The molecule has 0 aliphatic carbocycles. The number of benzene rings is 2. The Balaban J connectivity index is 1.58. The molecule has 0 spiro atoms. The summed E-state index contributed by atoms with van der Waals surface area (Å²) in [6.07, 6.45) is 5.62. The van der Waals surface area contributed by atoms with Gasteiger partial charge in [0, 0.05) is 48.5 Å². The standard InChI is InChI=1S/C35H35Cl2N5O6/c1-5-24(43)15-21-12-14-48-19-26(21)40-35-38-18-22-16-25(30-31(36)27(46-3)17-28(47-4)32(30)37)34(45)42(33(22)41-35)13-11-20-7-9-23(10-8-20)39-29(44)6-2/h5-10,16-18,21,26H,1-2,11-15,19H2,3-4H3,(H,39,44)(H,38,40,41)/t21-,26-/m1/s1. The lowest BCUT2D eigenvalue weighted by Gasteiger charge is -2.31. The van der Waals surface area contributed by atoms with E-state index in [1.807, 2.05) is 12.1 Å². The summed E-state index contributed by atoms with van der Waals surface area (Å²) in [6, 6.07) is 10.3. The quantitative estimate of drug-likeness (QED) is 0.159. The Bertz CT molecular complexity index is 1900. The number of amides is 1. The maximum absolute atomic E-state index is 14.4. The minimum Gasteiger partial charge on any atom is -0.495 e. The number of aromatic nitrogens is 3. The number of hydrogen-bond acceptors (Lipinski definition) is 9. The average molecular weight is 693 g/mol. The van der Waals surface area contributed by atoms with Gasteiger partial charge in [-0.25, -0.2) is 4.98 Å². The number of ether oxygens (including phenoxy) is 3. The van der Waals surface area contributed by atoms with Crippen molar-refractivity contribution in [3.8, 4) is 22.6 Å². The Kier molecular flexibility index (Phi) is 11.2. The summed E-state index contributed by atoms with van der Waals surface area (Å²) < 4.78 is 18.2. The number of methoxy groups -OCH3 is 2. The number of halogens is 2. The average Bonchev–Trinajstić information content (AvgIpc) is 3.09. The zero-order valence-corrected chi connectivity index (χ0v) is 28.1. The number of ketones is 1. The molecule has 250 valence electrons. The first-order chi connectivity index (χ1) is 23.2. The van der Waals surface area contributed by atoms with Crippen LogP contribution in [-0.4, -0.2) is 59.7 Å². The van der Waals surface area contributed by atoms with E-state index < -0.39 is 5.56 Å². The number of rotatable bonds is 13. The van der Waals surface area contributed by atoms with Crippen LogP contribution in [0.2, 0.25) is 10.0 Å². The van der Waals surface area contributed by atoms with Crippen molar-refractivity contribution < 1.29 is 23.8 Å². The molecule has 0 bridgehead atoms. The Labute approximate surface area is 287 Å². The van der Waals surface area contributed by atoms with Gasteiger partial charge in [0.1, 0.15) is 17.1 Å². The van der Waals surface area contributed by atoms with E-state index in [0.29, 0.717) is 49.2 Å². The first-order valence-electron chi connectivity index (χ1n) is 15.2. The van der Waals surface area contributed by atoms with E-state index in [9.17, 15) is 14.4 Å². The number of aryl methyl sites for hydroxylation is 2. The number of pyridine rings is 1. The molecule has 0 radical (unpaired) electrons. The molecule has 2 aromatic heterocycles. The van der Waals surface area contributed by atoms with Gasteiger partial charge in [-0.3, -0.25) is 19.0 Å². The van der Waals surface area contributed by atoms with Gasteiger partial charge in [0.2, 0.25) is 11.9 Å². The van der Waals surface area contributed by atoms with E-state index in [4.69, 9.17) is 42.4 Å². The van der Waals surface area contributed by atoms with Crippen LogP contribution in [0.25, 0.3) is 22.2 Å². The van der Waals surface area contributed by atoms with Crippen LogP contribution in [0.3, 0.4) is 0 Å². The Hall–Kier alpha value is -4.71. The minimum absolute atomic E-state index is 0.000300. The number of nitrogens with zero attached hydrogens (tertiary/aromatic N) is 3. The molecule has 13 heteroatoms. The van der Waals surface area contributed by atoms with Crippen molar-refractivity contribution in [1.82, 2.24) is 14.5 Å². The van der Waals surface area contributed by atoms with Crippen molar-refractivity contribution in [1.29, 1.82) is 0 Å². The summed E-state index contributed by atoms with van der Waals surface area (Å²) in [5.74, 6) is 0.509. The molecule has 1 amide bonds. The van der Waals surface area contributed by atoms with E-state index in [0.717, 1.165) is 5.56 Å². The van der Waals surface area contributed by atoms with Gasteiger partial charge in [-0.1, -0.05) is 48.5 Å². The summed E-state index contributed by atoms with van der Waals surface area (Å²) in [4.78, 5) is 47.6. The summed E-state index contributed by atoms with van der Waals surface area (Å²) in [5.41, 5.74) is 2.00. The largest absolute Gasteiger partial charge is 0.495 e. The number of carbonyl (C=O) groups is 2. The fraction of sp³-hybridized carbons (Fsp3) is 0.286. The van der Waals surface area contributed by atoms with E-state index >= 15 is 0 Å². The number of anilines is 2. The van der Waals surface area contributed by atoms with Gasteiger partial charge >= 0.3 is 0 Å². The third kappa shape index (κ3) is 7.54. The number of carbonyl (C=O) groups excluding carboxylic acids is 2. The predicted molar refractivity (Wildman–Crippen MR) is 187 cm³/mol. The van der Waals surface area contributed by atoms with Gasteiger partial charge in [0.05, 0.1) is 42.5 Å². The molecular weight excluding hydrogens is 657 g/mol. The van der Waals surface area contributed by atoms with Crippen molar-refractivity contribution >= 4 is 57.6 Å². The molecule has 4 aromatic rings. The molecule has 1 aliphatic rings. The van der Waals surface area contributed by atoms with Crippen molar-refractivity contribution in [2.45, 2.75) is 31.8 Å². The molecule has 1 fully saturated rings. The van der Waals surface area contributed by atoms with E-state index in [-0.39, 0.29) is 68.8 Å². The maximum Gasteiger partial charge on any atom is 0.260 e. The lowest BCUT2D eigenvalue weighted by atomic mass is 9.90. The zero-order chi connectivity index (χ0) is 34.4. The number of allylic oxidation sites excluding steroid dienone is 1. The Morgan fingerprint density at radius 2 is 1.79 bits per heavy atom. The monoisotopic (exact) mass is 691 g/mol. The fourth-order valence-corrected chi connectivity index (χ4v) is 6.32. The molecule has 3 heterocycles. The van der Waals surface area contributed by atoms with E-state index in [1.165, 1.54) is 26.4 Å². The highest BCUT2D eigenvalue weighted by Crippen LogP contribution is 2.45. The molecule has 1 aliphatic heterocycles. The van der Waals surface area contributed by atoms with Crippen LogP contribution in [0.1, 0.15) is 18.4 Å². The van der Waals surface area contributed by atoms with Crippen LogP contribution in [-0.2, 0) is 27.3 Å². The SMILES string of the molecule is C=CC(=O)C[C@H]1CCOC[C@H]1Nc1ncc2cc(-c3c(Cl)c(OC)cc(OC)c3Cl)c(=O)n(CCc3ccc(NC(=O)C=C)cc3)c2n1. The third-order valence-electron chi connectivity index (χ3n) is 8.21. The summed E-state index contributed by atoms with van der Waals surface area (Å²) in [5, 5.41) is 6.92. The van der Waals surface area contributed by atoms with Crippen LogP contribution in [0.4, 0.5) is 11.6 Å². The third-order valence-corrected chi connectivity index (χ3v) is 8.96. The Morgan fingerprint density at radius 1 is 1.08 bits per heavy atom. The topological polar surface area (TPSA) is 134 Å². The highest BCUT2D eigenvalue weighted by atomic mass is 35.5. The number of nitrogens with one attached hydrogen (secondary N) is 2. The molecule has 0 unspecified atom stereocenters. The summed E-state index contributed by atoms with van der Waals surface area (Å²) in [6.45, 7) is 8.23. The maximum atomic E-state index is 14.4. The normalized spacial score (nSPS) is 15.8. The van der Waals surface area contributed by atoms with Crippen LogP contribution < -0.4 is 25.7 Å². The molecule has 48 heavy (non-hydrogen) atoms. The fourth-order valence-electron chi connectivity index (χ4n) is 5.62. The molecule has 1 saturated heterocycles. The molecule has 2 atom stereocenters. The van der Waals surface area contributed by atoms with Gasteiger partial charge in [-0.2, -0.15) is 4.98 Å². The number of hydrogen-bond donors (Lipinski definition) is 2. The first-order valence-corrected chi connectivity index (χ1v) is 16.0. The van der Waals surface area contributed by atoms with Gasteiger partial charge in [-0.15, -0.1) is 0 Å². The molecule has 2 aromatic carbocycles. The van der Waals surface area contributed by atoms with Gasteiger partial charge in [0.25, 0.3) is 5.56 Å². The first kappa shape index (κ1) is 34.6. The molecular formula is C35H35Cl2N5O6. The highest BCUT2D eigenvalue weighted by molar-refractivity contribution is 6.41. The lowest BCUT2D eigenvalue weighted by Crippen LogP contribution is -2.40. The lowest BCUT2D eigenvalue weighted by molar-refractivity contribution is -0.116. The second-order valence-corrected chi connectivity index (χ2v) is 11.9. The second-order valence-electron chi connectivity index (χ2n) is 11.2. The minimum atomic E-state index is -0.392. The van der Waals surface area contributed by atoms with Crippen molar-refractivity contribution in [2.24, 2.45) is 5.92 Å². The Morgan fingerprint density at radius 3 is 2.44 bits per heavy atom. The smallest absolute Gasteiger partial charge is 0.260 e. The van der Waals surface area contributed by atoms with Gasteiger partial charge < -0.3 is 24.8 Å². The molecule has 11 nitrogen and oxygen atoms in total. The predicted octanol–water partition coefficient (Wildman–Crippen LogP) is 6.11. The van der Waals surface area contributed by atoms with E-state index in [2.05, 4.69) is 28.8 Å². The van der Waals surface area contributed by atoms with Crippen LogP contribution in [0.15, 0.2) is 72.7 Å². The van der Waals surface area contributed by atoms with Crippen molar-refractivity contribution in [3.05, 3.63) is 93.9 Å². The van der Waals surface area contributed by atoms with Crippen molar-refractivity contribution in [2.75, 3.05) is 38.1 Å². The zero-order valence-electron chi connectivity index (χ0n) is 26.6. The van der Waals surface area contributed by atoms with Gasteiger partial charge in [0.15, 0.2) is 5.78 Å². The van der Waals surface area contributed by atoms with Crippen LogP contribution >= 0.6 is 23.2 Å². The van der Waals surface area contributed by atoms with Crippen LogP contribution in [0, 0.1) is 5.92 Å². The second kappa shape index (κ2) is 15.5. The number of fused-ring (bicyclic) bond motifs is 1. The van der Waals surface area contributed by atoms with Crippen molar-refractivity contribution in [3.63, 3.8) is 0 Å². The summed E-state index contributed by atoms with van der Waals surface area (Å²) >= 11 is 13.5. The molecule has 0 saturated carbocycles. The van der Waals surface area contributed by atoms with Crippen LogP contribution in [0.5, 0.6) is 11.5 Å². The molecule has 5 rings (SSSR count). The highest BCUT2D eigenvalue weighted by Gasteiger charge is 2.28. The summed E-state index contributed by atoms with van der Waals surface area (Å²) in [7, 11) is 2.92. The molecule has 2 N–H and O–H groups in total.